The number of ether oxygens (including phenoxy) is 1. The van der Waals surface area contributed by atoms with Crippen LogP contribution in [0.15, 0.2) is 0 Å². The van der Waals surface area contributed by atoms with Crippen molar-refractivity contribution < 1.29 is 27.8 Å². The minimum atomic E-state index is -4.46. The molecule has 5 nitrogen and oxygen atoms in total. The van der Waals surface area contributed by atoms with Crippen LogP contribution in [-0.2, 0) is 4.74 Å². The third kappa shape index (κ3) is 6.83. The number of carbonyl (C=O) groups excluding carboxylic acids is 1. The topological polar surface area (TPSA) is 70.6 Å². The van der Waals surface area contributed by atoms with Crippen molar-refractivity contribution in [3.05, 3.63) is 0 Å². The number of halogens is 3. The average Bonchev–Trinajstić information content (AvgIpc) is 2.34. The van der Waals surface area contributed by atoms with E-state index in [-0.39, 0.29) is 12.1 Å². The first kappa shape index (κ1) is 19.0. The lowest BCUT2D eigenvalue weighted by Gasteiger charge is -2.33. The van der Waals surface area contributed by atoms with Crippen molar-refractivity contribution in [3.8, 4) is 0 Å². The van der Waals surface area contributed by atoms with Crippen LogP contribution in [0.4, 0.5) is 18.0 Å². The molecule has 0 aliphatic heterocycles. The van der Waals surface area contributed by atoms with E-state index in [1.807, 2.05) is 0 Å². The van der Waals surface area contributed by atoms with Gasteiger partial charge in [0, 0.05) is 12.1 Å². The summed E-state index contributed by atoms with van der Waals surface area (Å²) in [5.41, 5.74) is -0.579. The number of hydrogen-bond donors (Lipinski definition) is 3. The van der Waals surface area contributed by atoms with E-state index < -0.39 is 30.5 Å². The van der Waals surface area contributed by atoms with E-state index in [4.69, 9.17) is 9.84 Å². The summed E-state index contributed by atoms with van der Waals surface area (Å²) in [4.78, 5) is 11.6. The molecule has 1 amide bonds. The third-order valence-electron chi connectivity index (χ3n) is 3.46. The molecule has 1 aliphatic carbocycles. The molecule has 0 aromatic carbocycles. The van der Waals surface area contributed by atoms with Gasteiger partial charge in [-0.15, -0.1) is 0 Å². The molecule has 3 N–H and O–H groups in total. The van der Waals surface area contributed by atoms with E-state index in [2.05, 4.69) is 10.6 Å². The number of nitrogens with one attached hydrogen (secondary N) is 2. The Balaban J connectivity index is 2.36. The lowest BCUT2D eigenvalue weighted by atomic mass is 9.91. The Bertz CT molecular complexity index is 361. The van der Waals surface area contributed by atoms with Crippen molar-refractivity contribution >= 4 is 6.09 Å². The molecule has 1 fully saturated rings. The maximum atomic E-state index is 12.6. The van der Waals surface area contributed by atoms with Crippen molar-refractivity contribution in [1.29, 1.82) is 0 Å². The largest absolute Gasteiger partial charge is 0.444 e. The second kappa shape index (κ2) is 7.50. The van der Waals surface area contributed by atoms with Gasteiger partial charge in [0.15, 0.2) is 0 Å². The zero-order chi connectivity index (χ0) is 17.0. The van der Waals surface area contributed by atoms with Gasteiger partial charge < -0.3 is 20.5 Å². The molecule has 1 aliphatic rings. The Kier molecular flexibility index (Phi) is 6.49. The van der Waals surface area contributed by atoms with Crippen LogP contribution in [-0.4, -0.2) is 47.7 Å². The van der Waals surface area contributed by atoms with Gasteiger partial charge in [-0.25, -0.2) is 4.79 Å². The number of aliphatic hydroxyl groups is 1. The highest BCUT2D eigenvalue weighted by molar-refractivity contribution is 5.68. The van der Waals surface area contributed by atoms with Gasteiger partial charge >= 0.3 is 12.3 Å². The van der Waals surface area contributed by atoms with E-state index in [1.165, 1.54) is 0 Å². The highest BCUT2D eigenvalue weighted by Crippen LogP contribution is 2.24. The number of rotatable bonds is 4. The summed E-state index contributed by atoms with van der Waals surface area (Å²) in [6.45, 7) is 4.32. The molecule has 0 radical (unpaired) electrons. The summed E-state index contributed by atoms with van der Waals surface area (Å²) >= 11 is 0. The minimum absolute atomic E-state index is 0.0913. The van der Waals surface area contributed by atoms with Crippen molar-refractivity contribution in [2.24, 2.45) is 0 Å². The zero-order valence-electron chi connectivity index (χ0n) is 13.2. The Morgan fingerprint density at radius 3 is 2.09 bits per heavy atom. The smallest absolute Gasteiger partial charge is 0.407 e. The van der Waals surface area contributed by atoms with E-state index in [0.717, 1.165) is 0 Å². The summed E-state index contributed by atoms with van der Waals surface area (Å²) in [5, 5.41) is 14.0. The highest BCUT2D eigenvalue weighted by atomic mass is 19.4. The summed E-state index contributed by atoms with van der Waals surface area (Å²) in [6, 6.07) is -2.30. The number of carbonyl (C=O) groups is 1. The van der Waals surface area contributed by atoms with Gasteiger partial charge in [-0.1, -0.05) is 0 Å². The van der Waals surface area contributed by atoms with Crippen LogP contribution in [0.5, 0.6) is 0 Å². The van der Waals surface area contributed by atoms with Gasteiger partial charge in [-0.2, -0.15) is 13.2 Å². The van der Waals surface area contributed by atoms with Crippen LogP contribution >= 0.6 is 0 Å². The highest BCUT2D eigenvalue weighted by Gasteiger charge is 2.40. The summed E-state index contributed by atoms with van der Waals surface area (Å²) in [7, 11) is 0. The molecule has 0 aromatic heterocycles. The fourth-order valence-electron chi connectivity index (χ4n) is 2.41. The quantitative estimate of drug-likeness (QED) is 0.741. The number of hydrogen-bond acceptors (Lipinski definition) is 4. The molecule has 0 spiro atoms. The Labute approximate surface area is 128 Å². The van der Waals surface area contributed by atoms with E-state index >= 15 is 0 Å². The van der Waals surface area contributed by atoms with Crippen LogP contribution < -0.4 is 10.6 Å². The predicted octanol–water partition coefficient (Wildman–Crippen LogP) is 2.34. The minimum Gasteiger partial charge on any atom is -0.444 e. The molecule has 0 heterocycles. The third-order valence-corrected chi connectivity index (χ3v) is 3.46. The first-order valence-electron chi connectivity index (χ1n) is 7.44. The monoisotopic (exact) mass is 326 g/mol. The molecule has 8 heteroatoms. The number of alkyl halides is 3. The second-order valence-electron chi connectivity index (χ2n) is 6.64. The van der Waals surface area contributed by atoms with Crippen LogP contribution in [0.3, 0.4) is 0 Å². The molecule has 22 heavy (non-hydrogen) atoms. The van der Waals surface area contributed by atoms with Gasteiger partial charge in [0.1, 0.15) is 11.6 Å². The van der Waals surface area contributed by atoms with Crippen LogP contribution in [0, 0.1) is 0 Å². The first-order chi connectivity index (χ1) is 10.0. The molecule has 0 aromatic rings. The number of amides is 1. The van der Waals surface area contributed by atoms with Gasteiger partial charge in [0.05, 0.1) is 6.61 Å². The van der Waals surface area contributed by atoms with Gasteiger partial charge in [-0.05, 0) is 46.5 Å². The van der Waals surface area contributed by atoms with Crippen LogP contribution in [0.25, 0.3) is 0 Å². The first-order valence-corrected chi connectivity index (χ1v) is 7.44. The van der Waals surface area contributed by atoms with Crippen molar-refractivity contribution in [2.45, 2.75) is 76.4 Å². The lowest BCUT2D eigenvalue weighted by molar-refractivity contribution is -0.166. The van der Waals surface area contributed by atoms with Crippen molar-refractivity contribution in [2.75, 3.05) is 6.61 Å². The zero-order valence-corrected chi connectivity index (χ0v) is 13.2. The predicted molar refractivity (Wildman–Crippen MR) is 75.5 cm³/mol. The van der Waals surface area contributed by atoms with Crippen LogP contribution in [0.1, 0.15) is 46.5 Å². The lowest BCUT2D eigenvalue weighted by Crippen LogP contribution is -2.52. The molecule has 0 saturated heterocycles. The maximum Gasteiger partial charge on any atom is 0.407 e. The van der Waals surface area contributed by atoms with Gasteiger partial charge in [0.2, 0.25) is 0 Å². The average molecular weight is 326 g/mol. The molecule has 0 unspecified atom stereocenters. The molecular formula is C14H25F3N2O3. The number of alkyl carbamates (subject to hydrolysis) is 1. The van der Waals surface area contributed by atoms with E-state index in [9.17, 15) is 18.0 Å². The normalized spacial score (nSPS) is 24.7. The SMILES string of the molecule is CC(C)(C)OC(=O)NC1CCC(N[C@H](CO)C(F)(F)F)CC1. The van der Waals surface area contributed by atoms with E-state index in [1.54, 1.807) is 20.8 Å². The molecular weight excluding hydrogens is 301 g/mol. The molecule has 1 saturated carbocycles. The van der Waals surface area contributed by atoms with Gasteiger partial charge in [0.25, 0.3) is 0 Å². The molecule has 0 bridgehead atoms. The van der Waals surface area contributed by atoms with Crippen molar-refractivity contribution in [1.82, 2.24) is 10.6 Å². The second-order valence-corrected chi connectivity index (χ2v) is 6.64. The fraction of sp³-hybridized carbons (Fsp3) is 0.929. The van der Waals surface area contributed by atoms with E-state index in [0.29, 0.717) is 25.7 Å². The number of aliphatic hydroxyl groups excluding tert-OH is 1. The van der Waals surface area contributed by atoms with Gasteiger partial charge in [-0.3, -0.25) is 0 Å². The fourth-order valence-corrected chi connectivity index (χ4v) is 2.41. The van der Waals surface area contributed by atoms with Crippen LogP contribution in [0.2, 0.25) is 0 Å². The molecule has 1 atom stereocenters. The Morgan fingerprint density at radius 2 is 1.68 bits per heavy atom. The molecule has 1 rings (SSSR count). The molecule has 130 valence electrons. The summed E-state index contributed by atoms with van der Waals surface area (Å²) in [5.74, 6) is 0. The summed E-state index contributed by atoms with van der Waals surface area (Å²) < 4.78 is 42.9. The standard InChI is InChI=1S/C14H25F3N2O3/c1-13(2,3)22-12(21)19-10-6-4-9(5-7-10)18-11(8-20)14(15,16)17/h9-11,18,20H,4-8H2,1-3H3,(H,19,21)/t9?,10?,11-/m1/s1. The Hall–Kier alpha value is -1.02. The van der Waals surface area contributed by atoms with Crippen molar-refractivity contribution in [3.63, 3.8) is 0 Å². The Morgan fingerprint density at radius 1 is 1.18 bits per heavy atom. The summed E-state index contributed by atoms with van der Waals surface area (Å²) in [6.07, 6.45) is -2.80. The maximum absolute atomic E-state index is 12.6.